The molecule has 4 saturated carbocycles. The molecule has 1 amide bonds. The zero-order valence-corrected chi connectivity index (χ0v) is 15.5. The van der Waals surface area contributed by atoms with Crippen LogP contribution in [0.3, 0.4) is 0 Å². The largest absolute Gasteiger partial charge is 0.326 e. The van der Waals surface area contributed by atoms with Crippen LogP contribution >= 0.6 is 0 Å². The number of anilines is 1. The molecule has 4 fully saturated rings. The molecule has 2 aromatic rings. The summed E-state index contributed by atoms with van der Waals surface area (Å²) in [4.78, 5) is 13.4. The Hall–Kier alpha value is -2.09. The maximum Gasteiger partial charge on any atom is 0.230 e. The summed E-state index contributed by atoms with van der Waals surface area (Å²) >= 11 is 0. The Morgan fingerprint density at radius 1 is 0.923 bits per heavy atom. The first-order chi connectivity index (χ1) is 12.6. The summed E-state index contributed by atoms with van der Waals surface area (Å²) in [5.74, 6) is 1.68. The summed E-state index contributed by atoms with van der Waals surface area (Å²) in [5.41, 5.74) is 3.66. The van der Waals surface area contributed by atoms with Crippen molar-refractivity contribution in [2.24, 2.45) is 17.3 Å². The van der Waals surface area contributed by atoms with Gasteiger partial charge in [-0.3, -0.25) is 4.79 Å². The van der Waals surface area contributed by atoms with Crippen LogP contribution in [0.4, 0.5) is 5.69 Å². The van der Waals surface area contributed by atoms with E-state index in [-0.39, 0.29) is 16.7 Å². The second-order valence-electron chi connectivity index (χ2n) is 9.21. The van der Waals surface area contributed by atoms with Crippen molar-refractivity contribution in [1.82, 2.24) is 0 Å². The molecule has 4 aliphatic carbocycles. The Balaban J connectivity index is 1.47. The van der Waals surface area contributed by atoms with Crippen LogP contribution in [0.25, 0.3) is 0 Å². The van der Waals surface area contributed by atoms with Gasteiger partial charge >= 0.3 is 0 Å². The van der Waals surface area contributed by atoms with E-state index in [2.05, 4.69) is 54.7 Å². The van der Waals surface area contributed by atoms with Gasteiger partial charge in [0.25, 0.3) is 0 Å². The highest BCUT2D eigenvalue weighted by Crippen LogP contribution is 2.65. The second-order valence-corrected chi connectivity index (χ2v) is 9.21. The van der Waals surface area contributed by atoms with E-state index in [4.69, 9.17) is 0 Å². The number of carbonyl (C=O) groups excluding carboxylic acids is 1. The molecule has 0 spiro atoms. The average molecular weight is 345 g/mol. The lowest BCUT2D eigenvalue weighted by Crippen LogP contribution is -2.57. The number of carbonyl (C=O) groups is 1. The number of aryl methyl sites for hydroxylation is 1. The third-order valence-electron chi connectivity index (χ3n) is 7.24. The molecular weight excluding hydrogens is 318 g/mol. The van der Waals surface area contributed by atoms with Gasteiger partial charge in [-0.1, -0.05) is 48.0 Å². The van der Waals surface area contributed by atoms with Crippen molar-refractivity contribution in [1.29, 1.82) is 0 Å². The normalized spacial score (nSPS) is 34.7. The summed E-state index contributed by atoms with van der Waals surface area (Å²) in [6, 6.07) is 19.2. The summed E-state index contributed by atoms with van der Waals surface area (Å²) in [6.07, 6.45) is 7.05. The van der Waals surface area contributed by atoms with Crippen LogP contribution in [-0.4, -0.2) is 5.91 Å². The van der Waals surface area contributed by atoms with Gasteiger partial charge in [0.15, 0.2) is 0 Å². The molecule has 0 unspecified atom stereocenters. The molecule has 2 nitrogen and oxygen atoms in total. The predicted octanol–water partition coefficient (Wildman–Crippen LogP) is 5.47. The molecule has 2 heteroatoms. The van der Waals surface area contributed by atoms with Crippen molar-refractivity contribution >= 4 is 11.6 Å². The minimum Gasteiger partial charge on any atom is -0.326 e. The first-order valence-corrected chi connectivity index (χ1v) is 10.0. The van der Waals surface area contributed by atoms with Crippen LogP contribution in [-0.2, 0) is 10.2 Å². The van der Waals surface area contributed by atoms with Gasteiger partial charge in [0.05, 0.1) is 5.41 Å². The van der Waals surface area contributed by atoms with Gasteiger partial charge < -0.3 is 5.32 Å². The fraction of sp³-hybridized carbons (Fsp3) is 0.458. The minimum absolute atomic E-state index is 0.176. The lowest BCUT2D eigenvalue weighted by Gasteiger charge is -2.61. The number of benzene rings is 2. The van der Waals surface area contributed by atoms with E-state index in [1.165, 1.54) is 30.4 Å². The molecule has 4 bridgehead atoms. The van der Waals surface area contributed by atoms with Gasteiger partial charge in [-0.15, -0.1) is 0 Å². The van der Waals surface area contributed by atoms with Gasteiger partial charge in [-0.05, 0) is 80.4 Å². The summed E-state index contributed by atoms with van der Waals surface area (Å²) in [5, 5.41) is 3.26. The Morgan fingerprint density at radius 3 is 2.23 bits per heavy atom. The third-order valence-corrected chi connectivity index (χ3v) is 7.24. The van der Waals surface area contributed by atoms with E-state index in [0.717, 1.165) is 24.9 Å². The summed E-state index contributed by atoms with van der Waals surface area (Å²) in [6.45, 7) is 2.08. The lowest BCUT2D eigenvalue weighted by molar-refractivity contribution is -0.143. The molecule has 0 radical (unpaired) electrons. The van der Waals surface area contributed by atoms with Crippen molar-refractivity contribution in [2.75, 3.05) is 5.32 Å². The van der Waals surface area contributed by atoms with Gasteiger partial charge in [0, 0.05) is 5.69 Å². The molecule has 2 atom stereocenters. The van der Waals surface area contributed by atoms with Gasteiger partial charge in [0.1, 0.15) is 0 Å². The first-order valence-electron chi connectivity index (χ1n) is 10.0. The van der Waals surface area contributed by atoms with E-state index < -0.39 is 0 Å². The van der Waals surface area contributed by atoms with Gasteiger partial charge in [-0.2, -0.15) is 0 Å². The highest BCUT2D eigenvalue weighted by atomic mass is 16.2. The molecule has 26 heavy (non-hydrogen) atoms. The molecule has 134 valence electrons. The highest BCUT2D eigenvalue weighted by Gasteiger charge is 2.60. The van der Waals surface area contributed by atoms with E-state index >= 15 is 0 Å². The molecule has 0 aromatic heterocycles. The van der Waals surface area contributed by atoms with Crippen LogP contribution in [0, 0.1) is 24.2 Å². The number of hydrogen-bond donors (Lipinski definition) is 1. The monoisotopic (exact) mass is 345 g/mol. The van der Waals surface area contributed by atoms with E-state index in [1.807, 2.05) is 12.1 Å². The zero-order chi connectivity index (χ0) is 17.8. The topological polar surface area (TPSA) is 29.1 Å². The van der Waals surface area contributed by atoms with Crippen LogP contribution in [0.5, 0.6) is 0 Å². The lowest BCUT2D eigenvalue weighted by atomic mass is 9.42. The Labute approximate surface area is 156 Å². The van der Waals surface area contributed by atoms with E-state index in [0.29, 0.717) is 11.8 Å². The van der Waals surface area contributed by atoms with Crippen molar-refractivity contribution in [3.63, 3.8) is 0 Å². The van der Waals surface area contributed by atoms with Gasteiger partial charge in [-0.25, -0.2) is 0 Å². The quantitative estimate of drug-likeness (QED) is 0.785. The molecule has 4 aliphatic rings. The molecule has 6 rings (SSSR count). The van der Waals surface area contributed by atoms with Crippen LogP contribution in [0.2, 0.25) is 0 Å². The second kappa shape index (κ2) is 5.70. The maximum absolute atomic E-state index is 13.4. The third kappa shape index (κ3) is 2.50. The Bertz CT molecular complexity index is 809. The molecule has 0 saturated heterocycles. The molecule has 0 heterocycles. The Morgan fingerprint density at radius 2 is 1.58 bits per heavy atom. The molecule has 1 N–H and O–H groups in total. The fourth-order valence-electron chi connectivity index (χ4n) is 6.56. The van der Waals surface area contributed by atoms with Crippen molar-refractivity contribution in [2.45, 2.75) is 50.9 Å². The van der Waals surface area contributed by atoms with E-state index in [1.54, 1.807) is 0 Å². The van der Waals surface area contributed by atoms with Crippen LogP contribution in [0.15, 0.2) is 54.6 Å². The SMILES string of the molecule is Cc1ccc(NC(=O)C23C[C@@H]4C[C@@H](C2)CC(c2ccccc2)(C4)C3)cc1. The number of rotatable bonds is 3. The zero-order valence-electron chi connectivity index (χ0n) is 15.5. The number of hydrogen-bond acceptors (Lipinski definition) is 1. The van der Waals surface area contributed by atoms with Crippen LogP contribution < -0.4 is 5.32 Å². The predicted molar refractivity (Wildman–Crippen MR) is 105 cm³/mol. The smallest absolute Gasteiger partial charge is 0.230 e. The number of amides is 1. The standard InChI is InChI=1S/C24H27NO/c1-17-7-9-21(10-8-17)25-22(26)24-14-18-11-19(15-24)13-23(12-18,16-24)20-5-3-2-4-6-20/h2-10,18-19H,11-16H2,1H3,(H,25,26)/t18-,19-,23?,24?/m1/s1. The molecular formula is C24H27NO. The molecule has 2 aromatic carbocycles. The van der Waals surface area contributed by atoms with E-state index in [9.17, 15) is 4.79 Å². The van der Waals surface area contributed by atoms with Crippen LogP contribution in [0.1, 0.15) is 49.7 Å². The Kier molecular flexibility index (Phi) is 3.53. The van der Waals surface area contributed by atoms with Crippen molar-refractivity contribution in [3.8, 4) is 0 Å². The summed E-state index contributed by atoms with van der Waals surface area (Å²) in [7, 11) is 0. The van der Waals surface area contributed by atoms with Gasteiger partial charge in [0.2, 0.25) is 5.91 Å². The van der Waals surface area contributed by atoms with Crippen molar-refractivity contribution in [3.05, 3.63) is 65.7 Å². The maximum atomic E-state index is 13.4. The van der Waals surface area contributed by atoms with Crippen molar-refractivity contribution < 1.29 is 4.79 Å². The summed E-state index contributed by atoms with van der Waals surface area (Å²) < 4.78 is 0. The first kappa shape index (κ1) is 16.1. The molecule has 0 aliphatic heterocycles. The highest BCUT2D eigenvalue weighted by molar-refractivity contribution is 5.95. The minimum atomic E-state index is -0.176. The average Bonchev–Trinajstić information content (AvgIpc) is 2.63. The fourth-order valence-corrected chi connectivity index (χ4v) is 6.56. The number of nitrogens with one attached hydrogen (secondary N) is 1.